The number of hydrogen-bond acceptors (Lipinski definition) is 6. The van der Waals surface area contributed by atoms with Gasteiger partial charge < -0.3 is 24.8 Å². The fraction of sp³-hybridized carbons (Fsp3) is 0.500. The molecule has 3 rings (SSSR count). The van der Waals surface area contributed by atoms with Crippen LogP contribution in [-0.2, 0) is 9.47 Å². The molecule has 2 N–H and O–H groups in total. The van der Waals surface area contributed by atoms with Crippen molar-refractivity contribution in [1.29, 1.82) is 0 Å². The van der Waals surface area contributed by atoms with Crippen LogP contribution in [0.4, 0.5) is 5.69 Å². The first-order valence-electron chi connectivity index (χ1n) is 10.3. The van der Waals surface area contributed by atoms with Crippen LogP contribution in [0.1, 0.15) is 17.3 Å². The molecule has 172 valence electrons. The van der Waals surface area contributed by atoms with Gasteiger partial charge in [0.05, 0.1) is 25.9 Å². The second-order valence-corrected chi connectivity index (χ2v) is 7.96. The Bertz CT molecular complexity index is 770. The number of morpholine rings is 1. The fourth-order valence-corrected chi connectivity index (χ4v) is 4.21. The minimum Gasteiger partial charge on any atom is -0.493 e. The van der Waals surface area contributed by atoms with E-state index in [9.17, 15) is 0 Å². The minimum absolute atomic E-state index is 0. The van der Waals surface area contributed by atoms with Crippen molar-refractivity contribution in [3.8, 4) is 5.75 Å². The largest absolute Gasteiger partial charge is 0.493 e. The first-order valence-corrected chi connectivity index (χ1v) is 11.2. The molecule has 1 aliphatic heterocycles. The maximum absolute atomic E-state index is 5.79. The zero-order valence-corrected chi connectivity index (χ0v) is 21.4. The second kappa shape index (κ2) is 14.6. The highest BCUT2D eigenvalue weighted by atomic mass is 127. The number of aliphatic imine (C=N–C) groups is 1. The topological polar surface area (TPSA) is 67.4 Å². The Hall–Kier alpha value is -1.40. The lowest BCUT2D eigenvalue weighted by molar-refractivity contribution is 0.0177. The summed E-state index contributed by atoms with van der Waals surface area (Å²) in [6.45, 7) is 5.55. The van der Waals surface area contributed by atoms with Crippen LogP contribution in [-0.4, -0.2) is 71.1 Å². The highest BCUT2D eigenvalue weighted by molar-refractivity contribution is 14.0. The number of benzene rings is 1. The van der Waals surface area contributed by atoms with E-state index in [1.54, 1.807) is 25.5 Å². The van der Waals surface area contributed by atoms with Crippen LogP contribution in [0.2, 0.25) is 0 Å². The molecule has 7 nitrogen and oxygen atoms in total. The number of nitrogens with one attached hydrogen (secondary N) is 2. The smallest absolute Gasteiger partial charge is 0.195 e. The predicted octanol–water partition coefficient (Wildman–Crippen LogP) is 3.84. The van der Waals surface area contributed by atoms with Crippen molar-refractivity contribution in [3.05, 3.63) is 46.7 Å². The first kappa shape index (κ1) is 25.9. The molecule has 1 unspecified atom stereocenters. The molecule has 1 aliphatic rings. The lowest BCUT2D eigenvalue weighted by Gasteiger charge is -2.34. The van der Waals surface area contributed by atoms with Gasteiger partial charge in [0.1, 0.15) is 5.75 Å². The number of anilines is 1. The van der Waals surface area contributed by atoms with Crippen LogP contribution >= 0.6 is 35.3 Å². The number of rotatable bonds is 10. The van der Waals surface area contributed by atoms with E-state index in [4.69, 9.17) is 14.2 Å². The predicted molar refractivity (Wildman–Crippen MR) is 138 cm³/mol. The molecule has 1 atom stereocenters. The van der Waals surface area contributed by atoms with E-state index in [1.807, 2.05) is 24.3 Å². The van der Waals surface area contributed by atoms with Gasteiger partial charge in [-0.1, -0.05) is 12.1 Å². The molecule has 0 radical (unpaired) electrons. The summed E-state index contributed by atoms with van der Waals surface area (Å²) in [4.78, 5) is 8.22. The van der Waals surface area contributed by atoms with Gasteiger partial charge in [0.2, 0.25) is 0 Å². The Labute approximate surface area is 206 Å². The standard InChI is InChI=1S/C22H32N4O3S.HI/c1-23-22(25-18-6-3-7-19(16-18)29-12-5-11-27-2)24-17-20(21-8-4-15-30-21)26-9-13-28-14-10-26;/h3-4,6-8,15-16,20H,5,9-14,17H2,1-2H3,(H2,23,24,25);1H. The molecule has 31 heavy (non-hydrogen) atoms. The minimum atomic E-state index is 0. The lowest BCUT2D eigenvalue weighted by Crippen LogP contribution is -2.44. The molecule has 1 saturated heterocycles. The maximum atomic E-state index is 5.79. The molecule has 9 heteroatoms. The van der Waals surface area contributed by atoms with Gasteiger partial charge in [-0.3, -0.25) is 9.89 Å². The van der Waals surface area contributed by atoms with E-state index in [0.29, 0.717) is 19.3 Å². The van der Waals surface area contributed by atoms with Gasteiger partial charge >= 0.3 is 0 Å². The molecule has 0 spiro atoms. The molecule has 1 aromatic carbocycles. The number of nitrogens with zero attached hydrogens (tertiary/aromatic N) is 2. The summed E-state index contributed by atoms with van der Waals surface area (Å²) >= 11 is 1.79. The highest BCUT2D eigenvalue weighted by Crippen LogP contribution is 2.25. The molecular formula is C22H33IN4O3S. The third-order valence-corrected chi connectivity index (χ3v) is 5.88. The molecule has 0 saturated carbocycles. The van der Waals surface area contributed by atoms with Crippen LogP contribution in [0.5, 0.6) is 5.75 Å². The number of guanidine groups is 1. The fourth-order valence-electron chi connectivity index (χ4n) is 3.35. The molecular weight excluding hydrogens is 527 g/mol. The quantitative estimate of drug-likeness (QED) is 0.199. The number of ether oxygens (including phenoxy) is 3. The zero-order chi connectivity index (χ0) is 21.0. The molecule has 2 heterocycles. The average Bonchev–Trinajstić information content (AvgIpc) is 3.32. The monoisotopic (exact) mass is 560 g/mol. The van der Waals surface area contributed by atoms with Crippen molar-refractivity contribution in [3.63, 3.8) is 0 Å². The molecule has 0 aliphatic carbocycles. The average molecular weight is 561 g/mol. The third kappa shape index (κ3) is 8.57. The van der Waals surface area contributed by atoms with E-state index in [0.717, 1.165) is 56.7 Å². The van der Waals surface area contributed by atoms with Crippen molar-refractivity contribution < 1.29 is 14.2 Å². The Morgan fingerprint density at radius 3 is 2.77 bits per heavy atom. The van der Waals surface area contributed by atoms with Crippen molar-refractivity contribution in [2.24, 2.45) is 4.99 Å². The van der Waals surface area contributed by atoms with Gasteiger partial charge in [-0.2, -0.15) is 0 Å². The Balaban J connectivity index is 0.00000341. The molecule has 1 fully saturated rings. The van der Waals surface area contributed by atoms with E-state index >= 15 is 0 Å². The number of hydrogen-bond donors (Lipinski definition) is 2. The number of thiophene rings is 1. The van der Waals surface area contributed by atoms with Crippen LogP contribution in [0.25, 0.3) is 0 Å². The highest BCUT2D eigenvalue weighted by Gasteiger charge is 2.23. The van der Waals surface area contributed by atoms with Gasteiger partial charge in [-0.15, -0.1) is 35.3 Å². The third-order valence-electron chi connectivity index (χ3n) is 4.90. The van der Waals surface area contributed by atoms with Crippen molar-refractivity contribution in [2.45, 2.75) is 12.5 Å². The van der Waals surface area contributed by atoms with Crippen molar-refractivity contribution in [2.75, 3.05) is 65.5 Å². The lowest BCUT2D eigenvalue weighted by atomic mass is 10.2. The summed E-state index contributed by atoms with van der Waals surface area (Å²) in [5, 5.41) is 8.99. The summed E-state index contributed by atoms with van der Waals surface area (Å²) in [6, 6.07) is 12.5. The van der Waals surface area contributed by atoms with Gasteiger partial charge in [0.25, 0.3) is 0 Å². The van der Waals surface area contributed by atoms with Gasteiger partial charge in [-0.05, 0) is 23.6 Å². The van der Waals surface area contributed by atoms with Gasteiger partial charge in [0, 0.05) is 63.5 Å². The summed E-state index contributed by atoms with van der Waals surface area (Å²) < 4.78 is 16.4. The van der Waals surface area contributed by atoms with Crippen LogP contribution in [0, 0.1) is 0 Å². The molecule has 0 amide bonds. The van der Waals surface area contributed by atoms with Crippen LogP contribution in [0.15, 0.2) is 46.8 Å². The molecule has 0 bridgehead atoms. The second-order valence-electron chi connectivity index (χ2n) is 6.98. The Morgan fingerprint density at radius 2 is 2.06 bits per heavy atom. The Kier molecular flexibility index (Phi) is 12.2. The van der Waals surface area contributed by atoms with Crippen LogP contribution in [0.3, 0.4) is 0 Å². The normalized spacial score (nSPS) is 15.7. The summed E-state index contributed by atoms with van der Waals surface area (Å²) in [6.07, 6.45) is 0.864. The number of halogens is 1. The van der Waals surface area contributed by atoms with E-state index in [-0.39, 0.29) is 24.0 Å². The molecule has 2 aromatic rings. The van der Waals surface area contributed by atoms with E-state index in [2.05, 4.69) is 38.0 Å². The maximum Gasteiger partial charge on any atom is 0.195 e. The first-order chi connectivity index (χ1) is 14.8. The number of methoxy groups -OCH3 is 1. The van der Waals surface area contributed by atoms with Crippen molar-refractivity contribution in [1.82, 2.24) is 10.2 Å². The summed E-state index contributed by atoms with van der Waals surface area (Å²) in [5.41, 5.74) is 0.936. The van der Waals surface area contributed by atoms with Gasteiger partial charge in [-0.25, -0.2) is 0 Å². The SMILES string of the molecule is CN=C(NCC(c1cccs1)N1CCOCC1)Nc1cccc(OCCCOC)c1.I. The van der Waals surface area contributed by atoms with Crippen LogP contribution < -0.4 is 15.4 Å². The molecule has 1 aromatic heterocycles. The van der Waals surface area contributed by atoms with E-state index in [1.165, 1.54) is 4.88 Å². The zero-order valence-electron chi connectivity index (χ0n) is 18.2. The Morgan fingerprint density at radius 1 is 1.23 bits per heavy atom. The van der Waals surface area contributed by atoms with Crippen molar-refractivity contribution >= 4 is 47.0 Å². The van der Waals surface area contributed by atoms with E-state index < -0.39 is 0 Å². The van der Waals surface area contributed by atoms with Gasteiger partial charge in [0.15, 0.2) is 5.96 Å². The summed E-state index contributed by atoms with van der Waals surface area (Å²) in [7, 11) is 3.49. The summed E-state index contributed by atoms with van der Waals surface area (Å²) in [5.74, 6) is 1.57.